The van der Waals surface area contributed by atoms with Crippen molar-refractivity contribution < 1.29 is 0 Å². The summed E-state index contributed by atoms with van der Waals surface area (Å²) in [6.45, 7) is 0. The zero-order valence-electron chi connectivity index (χ0n) is 5.19. The van der Waals surface area contributed by atoms with Gasteiger partial charge in [-0.1, -0.05) is 0 Å². The van der Waals surface area contributed by atoms with Crippen molar-refractivity contribution in [1.82, 2.24) is 0 Å². The molecule has 0 aliphatic heterocycles. The molecule has 1 aromatic carbocycles. The van der Waals surface area contributed by atoms with Gasteiger partial charge in [0.2, 0.25) is 0 Å². The van der Waals surface area contributed by atoms with Crippen molar-refractivity contribution >= 4 is 36.0 Å². The molecule has 1 unspecified atom stereocenters. The van der Waals surface area contributed by atoms with Crippen molar-refractivity contribution in [2.24, 2.45) is 0 Å². The SMILES string of the molecule is C[AsH]c1cccc(Br)c1. The fourth-order valence-electron chi connectivity index (χ4n) is 0.644. The Hall–Kier alpha value is 0.258. The zero-order valence-corrected chi connectivity index (χ0v) is 8.87. The zero-order chi connectivity index (χ0) is 6.69. The van der Waals surface area contributed by atoms with Crippen LogP contribution in [0.3, 0.4) is 0 Å². The monoisotopic (exact) mass is 246 g/mol. The van der Waals surface area contributed by atoms with Gasteiger partial charge in [0.1, 0.15) is 0 Å². The van der Waals surface area contributed by atoms with Gasteiger partial charge < -0.3 is 0 Å². The molecule has 0 amide bonds. The molecule has 1 aromatic rings. The van der Waals surface area contributed by atoms with Crippen molar-refractivity contribution in [3.05, 3.63) is 28.7 Å². The summed E-state index contributed by atoms with van der Waals surface area (Å²) in [5.74, 6) is 0. The topological polar surface area (TPSA) is 0 Å². The molecule has 0 spiro atoms. The molecule has 0 fully saturated rings. The molecule has 0 nitrogen and oxygen atoms in total. The second-order valence-corrected chi connectivity index (χ2v) is 4.94. The molecular weight excluding hydrogens is 239 g/mol. The van der Waals surface area contributed by atoms with Gasteiger partial charge in [-0.2, -0.15) is 0 Å². The Balaban J connectivity index is 2.94. The van der Waals surface area contributed by atoms with Crippen LogP contribution in [-0.2, 0) is 0 Å². The van der Waals surface area contributed by atoms with E-state index in [1.807, 2.05) is 0 Å². The molecule has 48 valence electrons. The van der Waals surface area contributed by atoms with Crippen LogP contribution in [0.15, 0.2) is 28.7 Å². The summed E-state index contributed by atoms with van der Waals surface area (Å²) in [5, 5.41) is 0. The quantitative estimate of drug-likeness (QED) is 0.660. The predicted octanol–water partition coefficient (Wildman–Crippen LogP) is 1.56. The van der Waals surface area contributed by atoms with Crippen LogP contribution in [0.5, 0.6) is 0 Å². The molecule has 0 saturated carbocycles. The number of benzene rings is 1. The van der Waals surface area contributed by atoms with Gasteiger partial charge in [-0.05, 0) is 0 Å². The second kappa shape index (κ2) is 3.43. The van der Waals surface area contributed by atoms with Gasteiger partial charge in [0, 0.05) is 0 Å². The van der Waals surface area contributed by atoms with E-state index >= 15 is 0 Å². The van der Waals surface area contributed by atoms with Gasteiger partial charge in [0.15, 0.2) is 0 Å². The van der Waals surface area contributed by atoms with Gasteiger partial charge in [0.05, 0.1) is 0 Å². The summed E-state index contributed by atoms with van der Waals surface area (Å²) < 4.78 is 2.70. The van der Waals surface area contributed by atoms with E-state index in [0.717, 1.165) is 0 Å². The van der Waals surface area contributed by atoms with Gasteiger partial charge >= 0.3 is 70.5 Å². The van der Waals surface area contributed by atoms with Crippen LogP contribution >= 0.6 is 15.9 Å². The van der Waals surface area contributed by atoms with Gasteiger partial charge in [0.25, 0.3) is 0 Å². The third-order valence-corrected chi connectivity index (χ3v) is 3.47. The summed E-state index contributed by atoms with van der Waals surface area (Å²) >= 11 is 3.57. The molecule has 0 N–H and O–H groups in total. The molecule has 0 saturated heterocycles. The first kappa shape index (κ1) is 7.37. The van der Waals surface area contributed by atoms with Gasteiger partial charge in [-0.3, -0.25) is 0 Å². The molecule has 1 rings (SSSR count). The van der Waals surface area contributed by atoms with E-state index in [-0.39, 0.29) is 15.8 Å². The summed E-state index contributed by atoms with van der Waals surface area (Å²) in [7, 11) is 0. The first-order chi connectivity index (χ1) is 4.33. The Labute approximate surface area is 70.5 Å². The summed E-state index contributed by atoms with van der Waals surface area (Å²) in [4.78, 5) is 0. The van der Waals surface area contributed by atoms with Gasteiger partial charge in [-0.15, -0.1) is 0 Å². The van der Waals surface area contributed by atoms with Crippen LogP contribution < -0.4 is 4.35 Å². The standard InChI is InChI=1S/C7H8AsBr/c1-8-6-3-2-4-7(9)5-6/h2-5,8H,1H3. The minimum absolute atomic E-state index is 0.147. The second-order valence-electron chi connectivity index (χ2n) is 1.76. The Morgan fingerprint density at radius 1 is 1.44 bits per heavy atom. The van der Waals surface area contributed by atoms with E-state index in [1.54, 1.807) is 0 Å². The van der Waals surface area contributed by atoms with Crippen molar-refractivity contribution in [1.29, 1.82) is 0 Å². The fourth-order valence-corrected chi connectivity index (χ4v) is 2.67. The average Bonchev–Trinajstić information content (AvgIpc) is 1.88. The van der Waals surface area contributed by atoms with Crippen molar-refractivity contribution in [3.63, 3.8) is 0 Å². The Bertz CT molecular complexity index is 198. The number of rotatable bonds is 1. The van der Waals surface area contributed by atoms with Crippen molar-refractivity contribution in [2.75, 3.05) is 0 Å². The first-order valence-corrected chi connectivity index (χ1v) is 6.70. The van der Waals surface area contributed by atoms with Crippen LogP contribution in [-0.4, -0.2) is 15.8 Å². The van der Waals surface area contributed by atoms with E-state index in [1.165, 1.54) is 8.82 Å². The average molecular weight is 247 g/mol. The molecule has 0 heterocycles. The van der Waals surface area contributed by atoms with E-state index < -0.39 is 0 Å². The maximum atomic E-state index is 3.42. The van der Waals surface area contributed by atoms with E-state index in [2.05, 4.69) is 45.9 Å². The first-order valence-electron chi connectivity index (χ1n) is 2.76. The van der Waals surface area contributed by atoms with E-state index in [4.69, 9.17) is 0 Å². The number of hydrogen-bond acceptors (Lipinski definition) is 0. The van der Waals surface area contributed by atoms with E-state index in [9.17, 15) is 0 Å². The molecule has 2 heteroatoms. The summed E-state index contributed by atoms with van der Waals surface area (Å²) in [6, 6.07) is 8.53. The predicted molar refractivity (Wildman–Crippen MR) is 46.8 cm³/mol. The molecule has 0 aliphatic carbocycles. The molecule has 0 bridgehead atoms. The fraction of sp³-hybridized carbons (Fsp3) is 0.143. The number of hydrogen-bond donors (Lipinski definition) is 0. The third-order valence-electron chi connectivity index (χ3n) is 1.11. The summed E-state index contributed by atoms with van der Waals surface area (Å²) in [6.07, 6.45) is 0. The van der Waals surface area contributed by atoms with Crippen LogP contribution in [0.1, 0.15) is 0 Å². The molecule has 9 heavy (non-hydrogen) atoms. The number of halogens is 1. The van der Waals surface area contributed by atoms with Crippen LogP contribution in [0.2, 0.25) is 5.71 Å². The van der Waals surface area contributed by atoms with Crippen LogP contribution in [0, 0.1) is 0 Å². The molecule has 0 aliphatic rings. The Morgan fingerprint density at radius 2 is 2.22 bits per heavy atom. The van der Waals surface area contributed by atoms with Crippen LogP contribution in [0.4, 0.5) is 0 Å². The van der Waals surface area contributed by atoms with Gasteiger partial charge in [-0.25, -0.2) is 0 Å². The Morgan fingerprint density at radius 3 is 2.67 bits per heavy atom. The normalized spacial score (nSPS) is 10.9. The minimum atomic E-state index is 0.147. The Kier molecular flexibility index (Phi) is 2.81. The third kappa shape index (κ3) is 2.15. The molecule has 1 atom stereocenters. The van der Waals surface area contributed by atoms with Crippen LogP contribution in [0.25, 0.3) is 0 Å². The maximum absolute atomic E-state index is 3.42. The molecule has 0 radical (unpaired) electrons. The summed E-state index contributed by atoms with van der Waals surface area (Å²) in [5.41, 5.74) is 2.28. The molecular formula is C7H8AsBr. The van der Waals surface area contributed by atoms with Crippen molar-refractivity contribution in [3.8, 4) is 0 Å². The molecule has 0 aromatic heterocycles. The van der Waals surface area contributed by atoms with E-state index in [0.29, 0.717) is 0 Å². The van der Waals surface area contributed by atoms with Crippen molar-refractivity contribution in [2.45, 2.75) is 5.71 Å².